The molecule has 0 spiro atoms. The fourth-order valence-corrected chi connectivity index (χ4v) is 3.49. The van der Waals surface area contributed by atoms with Crippen LogP contribution in [0.4, 0.5) is 0 Å². The van der Waals surface area contributed by atoms with Crippen LogP contribution >= 0.6 is 35.6 Å². The summed E-state index contributed by atoms with van der Waals surface area (Å²) in [6.45, 7) is 4.82. The van der Waals surface area contributed by atoms with Crippen LogP contribution in [-0.4, -0.2) is 50.3 Å². The zero-order chi connectivity index (χ0) is 16.8. The van der Waals surface area contributed by atoms with Crippen molar-refractivity contribution in [2.24, 2.45) is 16.6 Å². The Hall–Kier alpha value is -0.570. The number of aliphatic imine (C=N–C) groups is 1. The van der Waals surface area contributed by atoms with E-state index < -0.39 is 0 Å². The van der Waals surface area contributed by atoms with Gasteiger partial charge in [-0.25, -0.2) is 0 Å². The third-order valence-electron chi connectivity index (χ3n) is 4.98. The summed E-state index contributed by atoms with van der Waals surface area (Å²) in [5.74, 6) is 1.30. The van der Waals surface area contributed by atoms with Gasteiger partial charge >= 0.3 is 0 Å². The topological polar surface area (TPSA) is 62.9 Å². The predicted molar refractivity (Wildman–Crippen MR) is 114 cm³/mol. The Morgan fingerprint density at radius 1 is 1.32 bits per heavy atom. The molecule has 3 rings (SSSR count). The maximum atomic E-state index is 6.43. The second kappa shape index (κ2) is 10.5. The number of guanidine groups is 1. The molecule has 0 bridgehead atoms. The lowest BCUT2D eigenvalue weighted by Gasteiger charge is -2.34. The minimum atomic E-state index is 0. The number of hydrogen-bond acceptors (Lipinski definition) is 3. The molecule has 1 aromatic rings. The quantitative estimate of drug-likeness (QED) is 0.375. The number of nitrogens with zero attached hydrogens (tertiary/aromatic N) is 2. The average Bonchev–Trinajstić information content (AvgIpc) is 2.56. The van der Waals surface area contributed by atoms with Crippen molar-refractivity contribution < 1.29 is 4.74 Å². The lowest BCUT2D eigenvalue weighted by atomic mass is 9.85. The zero-order valence-corrected chi connectivity index (χ0v) is 17.6. The molecule has 25 heavy (non-hydrogen) atoms. The third-order valence-corrected chi connectivity index (χ3v) is 5.33. The van der Waals surface area contributed by atoms with Crippen LogP contribution in [0.1, 0.15) is 30.9 Å². The minimum Gasteiger partial charge on any atom is -0.379 e. The summed E-state index contributed by atoms with van der Waals surface area (Å²) >= 11 is 6.43. The second-order valence-corrected chi connectivity index (χ2v) is 7.00. The number of ether oxygens (including phenoxy) is 1. The summed E-state index contributed by atoms with van der Waals surface area (Å²) in [6.07, 6.45) is 3.95. The largest absolute Gasteiger partial charge is 0.379 e. The molecule has 0 radical (unpaired) electrons. The summed E-state index contributed by atoms with van der Waals surface area (Å²) in [7, 11) is 0. The number of nitrogens with two attached hydrogens (primary N) is 1. The number of morpholine rings is 1. The number of rotatable bonds is 6. The van der Waals surface area contributed by atoms with Crippen molar-refractivity contribution >= 4 is 41.5 Å². The van der Waals surface area contributed by atoms with Crippen molar-refractivity contribution in [3.05, 3.63) is 34.9 Å². The normalized spacial score (nSPS) is 20.4. The van der Waals surface area contributed by atoms with Crippen molar-refractivity contribution in [3.8, 4) is 0 Å². The van der Waals surface area contributed by atoms with E-state index in [0.717, 1.165) is 49.4 Å². The van der Waals surface area contributed by atoms with Crippen LogP contribution < -0.4 is 11.1 Å². The fraction of sp³-hybridized carbons (Fsp3) is 0.611. The lowest BCUT2D eigenvalue weighted by Crippen LogP contribution is -2.41. The van der Waals surface area contributed by atoms with E-state index in [2.05, 4.69) is 21.3 Å². The van der Waals surface area contributed by atoms with E-state index in [0.29, 0.717) is 12.5 Å². The molecule has 1 unspecified atom stereocenters. The first-order valence-electron chi connectivity index (χ1n) is 8.84. The van der Waals surface area contributed by atoms with Crippen LogP contribution in [0.15, 0.2) is 29.3 Å². The molecule has 1 atom stereocenters. The molecule has 0 aromatic heterocycles. The summed E-state index contributed by atoms with van der Waals surface area (Å²) in [4.78, 5) is 6.97. The fourth-order valence-electron chi connectivity index (χ4n) is 3.23. The van der Waals surface area contributed by atoms with E-state index in [1.54, 1.807) is 0 Å². The monoisotopic (exact) mass is 478 g/mol. The first-order valence-corrected chi connectivity index (χ1v) is 9.22. The van der Waals surface area contributed by atoms with Crippen LogP contribution in [0.2, 0.25) is 5.02 Å². The van der Waals surface area contributed by atoms with Crippen LogP contribution in [0.25, 0.3) is 0 Å². The maximum Gasteiger partial charge on any atom is 0.188 e. The molecule has 2 aliphatic rings. The van der Waals surface area contributed by atoms with E-state index >= 15 is 0 Å². The average molecular weight is 479 g/mol. The predicted octanol–water partition coefficient (Wildman–Crippen LogP) is 3.04. The van der Waals surface area contributed by atoms with E-state index in [1.807, 2.05) is 18.2 Å². The van der Waals surface area contributed by atoms with E-state index in [9.17, 15) is 0 Å². The molecule has 1 aromatic carbocycles. The van der Waals surface area contributed by atoms with Crippen LogP contribution in [-0.2, 0) is 4.74 Å². The Kier molecular flexibility index (Phi) is 8.75. The molecule has 1 saturated heterocycles. The molecule has 1 aliphatic heterocycles. The SMILES string of the molecule is I.NC(=NCC(c1ccccc1Cl)N1CCOCC1)NCC1CCC1. The van der Waals surface area contributed by atoms with Crippen molar-refractivity contribution in [2.45, 2.75) is 25.3 Å². The van der Waals surface area contributed by atoms with Gasteiger partial charge in [0.2, 0.25) is 0 Å². The molecular weight excluding hydrogens is 451 g/mol. The maximum absolute atomic E-state index is 6.43. The van der Waals surface area contributed by atoms with Gasteiger partial charge in [-0.05, 0) is 30.4 Å². The number of hydrogen-bond donors (Lipinski definition) is 2. The molecule has 140 valence electrons. The van der Waals surface area contributed by atoms with E-state index in [4.69, 9.17) is 22.1 Å². The Bertz CT molecular complexity index is 562. The van der Waals surface area contributed by atoms with Gasteiger partial charge in [0.1, 0.15) is 0 Å². The molecule has 2 fully saturated rings. The van der Waals surface area contributed by atoms with E-state index in [-0.39, 0.29) is 30.0 Å². The Morgan fingerprint density at radius 3 is 2.68 bits per heavy atom. The second-order valence-electron chi connectivity index (χ2n) is 6.59. The Labute approximate surface area is 172 Å². The molecule has 0 amide bonds. The number of nitrogens with one attached hydrogen (secondary N) is 1. The lowest BCUT2D eigenvalue weighted by molar-refractivity contribution is 0.0180. The van der Waals surface area contributed by atoms with Gasteiger partial charge in [0.05, 0.1) is 25.8 Å². The summed E-state index contributed by atoms with van der Waals surface area (Å²) in [6, 6.07) is 8.13. The van der Waals surface area contributed by atoms with Gasteiger partial charge in [-0.1, -0.05) is 36.2 Å². The van der Waals surface area contributed by atoms with E-state index in [1.165, 1.54) is 19.3 Å². The first kappa shape index (κ1) is 20.7. The van der Waals surface area contributed by atoms with Crippen LogP contribution in [0, 0.1) is 5.92 Å². The summed E-state index contributed by atoms with van der Waals surface area (Å²) in [5, 5.41) is 4.04. The Balaban J connectivity index is 0.00000225. The molecule has 7 heteroatoms. The molecular formula is C18H28ClIN4O. The minimum absolute atomic E-state index is 0. The third kappa shape index (κ3) is 5.98. The van der Waals surface area contributed by atoms with Crippen molar-refractivity contribution in [1.29, 1.82) is 0 Å². The van der Waals surface area contributed by atoms with Crippen molar-refractivity contribution in [3.63, 3.8) is 0 Å². The zero-order valence-electron chi connectivity index (χ0n) is 14.5. The molecule has 3 N–H and O–H groups in total. The Morgan fingerprint density at radius 2 is 2.04 bits per heavy atom. The van der Waals surface area contributed by atoms with Gasteiger partial charge in [0.25, 0.3) is 0 Å². The highest BCUT2D eigenvalue weighted by atomic mass is 127. The van der Waals surface area contributed by atoms with Gasteiger partial charge in [-0.2, -0.15) is 0 Å². The van der Waals surface area contributed by atoms with Gasteiger partial charge in [0.15, 0.2) is 5.96 Å². The molecule has 1 heterocycles. The summed E-state index contributed by atoms with van der Waals surface area (Å²) in [5.41, 5.74) is 7.17. The van der Waals surface area contributed by atoms with Gasteiger partial charge in [-0.15, -0.1) is 24.0 Å². The van der Waals surface area contributed by atoms with Crippen LogP contribution in [0.5, 0.6) is 0 Å². The van der Waals surface area contributed by atoms with Gasteiger partial charge in [-0.3, -0.25) is 9.89 Å². The molecule has 1 aliphatic carbocycles. The summed E-state index contributed by atoms with van der Waals surface area (Å²) < 4.78 is 5.48. The van der Waals surface area contributed by atoms with Crippen molar-refractivity contribution in [1.82, 2.24) is 10.2 Å². The van der Waals surface area contributed by atoms with Gasteiger partial charge < -0.3 is 15.8 Å². The standard InChI is InChI=1S/C18H27ClN4O.HI/c19-16-7-2-1-6-15(16)17(23-8-10-24-11-9-23)13-22-18(20)21-12-14-4-3-5-14;/h1-2,6-7,14,17H,3-5,8-13H2,(H3,20,21,22);1H. The van der Waals surface area contributed by atoms with Crippen molar-refractivity contribution in [2.75, 3.05) is 39.4 Å². The molecule has 1 saturated carbocycles. The number of benzene rings is 1. The smallest absolute Gasteiger partial charge is 0.188 e. The first-order chi connectivity index (χ1) is 11.7. The highest BCUT2D eigenvalue weighted by Crippen LogP contribution is 2.28. The molecule has 5 nitrogen and oxygen atoms in total. The van der Waals surface area contributed by atoms with Crippen LogP contribution in [0.3, 0.4) is 0 Å². The van der Waals surface area contributed by atoms with Gasteiger partial charge in [0, 0.05) is 24.7 Å². The highest BCUT2D eigenvalue weighted by Gasteiger charge is 2.24. The number of halogens is 2. The highest BCUT2D eigenvalue weighted by molar-refractivity contribution is 14.0.